The van der Waals surface area contributed by atoms with Gasteiger partial charge >= 0.3 is 0 Å². The molecule has 7 heteroatoms. The van der Waals surface area contributed by atoms with Crippen molar-refractivity contribution in [3.8, 4) is 0 Å². The van der Waals surface area contributed by atoms with Crippen molar-refractivity contribution in [3.05, 3.63) is 16.5 Å². The topological polar surface area (TPSA) is 37.4 Å². The lowest BCUT2D eigenvalue weighted by Gasteiger charge is -2.18. The highest BCUT2D eigenvalue weighted by atomic mass is 35.5. The van der Waals surface area contributed by atoms with E-state index in [1.807, 2.05) is 18.7 Å². The largest absolute Gasteiger partial charge is 0.252 e. The smallest absolute Gasteiger partial charge is 0.206 e. The number of rotatable bonds is 3. The molecule has 0 amide bonds. The minimum atomic E-state index is -3.32. The van der Waals surface area contributed by atoms with Crippen LogP contribution in [-0.2, 0) is 15.9 Å². The molecule has 2 rings (SSSR count). The maximum atomic E-state index is 12.5. The number of nitrogens with zero attached hydrogens (tertiary/aromatic N) is 1. The monoisotopic (exact) mass is 325 g/mol. The Labute approximate surface area is 122 Å². The number of halogens is 1. The number of hydrogen-bond acceptors (Lipinski definition) is 4. The van der Waals surface area contributed by atoms with Crippen LogP contribution in [0.3, 0.4) is 0 Å². The number of aryl methyl sites for hydroxylation is 1. The number of thiophene rings is 1. The average Bonchev–Trinajstić information content (AvgIpc) is 2.55. The quantitative estimate of drug-likeness (QED) is 0.802. The molecule has 0 bridgehead atoms. The summed E-state index contributed by atoms with van der Waals surface area (Å²) in [6.45, 7) is 3.15. The predicted molar refractivity (Wildman–Crippen MR) is 79.3 cm³/mol. The average molecular weight is 326 g/mol. The highest BCUT2D eigenvalue weighted by Gasteiger charge is 2.27. The summed E-state index contributed by atoms with van der Waals surface area (Å²) in [5, 5.41) is 0. The summed E-state index contributed by atoms with van der Waals surface area (Å²) >= 11 is 8.92. The van der Waals surface area contributed by atoms with Crippen LogP contribution in [0.1, 0.15) is 16.9 Å². The van der Waals surface area contributed by atoms with Crippen LogP contribution < -0.4 is 0 Å². The Bertz CT molecular complexity index is 504. The number of hydrogen-bond donors (Lipinski definition) is 0. The first-order chi connectivity index (χ1) is 8.55. The first-order valence-electron chi connectivity index (χ1n) is 5.79. The summed E-state index contributed by atoms with van der Waals surface area (Å²) in [5.74, 6) is 2.30. The van der Waals surface area contributed by atoms with Crippen molar-refractivity contribution in [1.29, 1.82) is 0 Å². The minimum absolute atomic E-state index is 0.377. The molecule has 0 atom stereocenters. The van der Waals surface area contributed by atoms with Gasteiger partial charge in [-0.2, -0.15) is 16.1 Å². The molecule has 1 fully saturated rings. The molecule has 0 aromatic carbocycles. The molecule has 1 saturated heterocycles. The molecule has 0 radical (unpaired) electrons. The lowest BCUT2D eigenvalue weighted by atomic mass is 10.3. The Morgan fingerprint density at radius 2 is 2.17 bits per heavy atom. The van der Waals surface area contributed by atoms with Crippen LogP contribution in [0.25, 0.3) is 0 Å². The third-order valence-electron chi connectivity index (χ3n) is 2.89. The number of alkyl halides is 1. The minimum Gasteiger partial charge on any atom is -0.206 e. The van der Waals surface area contributed by atoms with Crippen LogP contribution in [0.5, 0.6) is 0 Å². The zero-order chi connectivity index (χ0) is 13.2. The van der Waals surface area contributed by atoms with Crippen LogP contribution in [0.2, 0.25) is 0 Å². The molecule has 0 unspecified atom stereocenters. The van der Waals surface area contributed by atoms with Crippen molar-refractivity contribution in [2.45, 2.75) is 23.4 Å². The zero-order valence-corrected chi connectivity index (χ0v) is 13.4. The van der Waals surface area contributed by atoms with E-state index < -0.39 is 10.0 Å². The first kappa shape index (κ1) is 14.7. The van der Waals surface area contributed by atoms with Gasteiger partial charge in [-0.3, -0.25) is 0 Å². The van der Waals surface area contributed by atoms with E-state index >= 15 is 0 Å². The van der Waals surface area contributed by atoms with Crippen molar-refractivity contribution in [2.24, 2.45) is 0 Å². The van der Waals surface area contributed by atoms with E-state index in [0.717, 1.165) is 28.4 Å². The highest BCUT2D eigenvalue weighted by Crippen LogP contribution is 2.30. The molecule has 18 heavy (non-hydrogen) atoms. The molecule has 102 valence electrons. The van der Waals surface area contributed by atoms with Crippen LogP contribution in [-0.4, -0.2) is 37.3 Å². The van der Waals surface area contributed by atoms with Gasteiger partial charge in [0.25, 0.3) is 10.0 Å². The van der Waals surface area contributed by atoms with E-state index in [0.29, 0.717) is 23.2 Å². The van der Waals surface area contributed by atoms with Gasteiger partial charge in [-0.1, -0.05) is 0 Å². The third kappa shape index (κ3) is 3.04. The summed E-state index contributed by atoms with van der Waals surface area (Å²) in [4.78, 5) is 0.944. The molecule has 1 aromatic rings. The van der Waals surface area contributed by atoms with Crippen LogP contribution in [0.4, 0.5) is 0 Å². The fourth-order valence-electron chi connectivity index (χ4n) is 1.84. The van der Waals surface area contributed by atoms with Crippen LogP contribution in [0.15, 0.2) is 10.3 Å². The molecule has 3 nitrogen and oxygen atoms in total. The van der Waals surface area contributed by atoms with Gasteiger partial charge in [0.1, 0.15) is 4.21 Å². The molecule has 1 aliphatic rings. The first-order valence-corrected chi connectivity index (χ1v) is 9.73. The molecule has 2 heterocycles. The number of thioether (sulfide) groups is 1. The Hall–Kier alpha value is 0.250. The summed E-state index contributed by atoms with van der Waals surface area (Å²) in [6, 6.07) is 1.75. The Balaban J connectivity index is 2.28. The maximum Gasteiger partial charge on any atom is 0.252 e. The molecular weight excluding hydrogens is 310 g/mol. The third-order valence-corrected chi connectivity index (χ3v) is 7.95. The fraction of sp³-hybridized carbons (Fsp3) is 0.636. The normalized spacial score (nSPS) is 18.8. The summed E-state index contributed by atoms with van der Waals surface area (Å²) in [7, 11) is -3.32. The summed E-state index contributed by atoms with van der Waals surface area (Å²) in [5.41, 5.74) is 0.970. The lowest BCUT2D eigenvalue weighted by Crippen LogP contribution is -2.32. The van der Waals surface area contributed by atoms with Gasteiger partial charge in [-0.25, -0.2) is 8.42 Å². The van der Waals surface area contributed by atoms with Gasteiger partial charge in [0.05, 0.1) is 5.88 Å². The zero-order valence-electron chi connectivity index (χ0n) is 10.2. The molecule has 0 N–H and O–H groups in total. The fourth-order valence-corrected chi connectivity index (χ4v) is 6.29. The van der Waals surface area contributed by atoms with Crippen molar-refractivity contribution < 1.29 is 8.42 Å². The Kier molecular flexibility index (Phi) is 4.99. The van der Waals surface area contributed by atoms with Crippen molar-refractivity contribution in [2.75, 3.05) is 24.6 Å². The van der Waals surface area contributed by atoms with Gasteiger partial charge in [0.15, 0.2) is 0 Å². The van der Waals surface area contributed by atoms with E-state index in [4.69, 9.17) is 11.6 Å². The number of sulfonamides is 1. The Morgan fingerprint density at radius 3 is 2.83 bits per heavy atom. The van der Waals surface area contributed by atoms with Gasteiger partial charge in [0, 0.05) is 23.7 Å². The van der Waals surface area contributed by atoms with E-state index in [2.05, 4.69) is 0 Å². The molecule has 1 aromatic heterocycles. The SMILES string of the molecule is Cc1cc(S(=O)(=O)N2CCCSCC2)sc1CCl. The maximum absolute atomic E-state index is 12.5. The molecule has 0 saturated carbocycles. The Morgan fingerprint density at radius 1 is 1.39 bits per heavy atom. The van der Waals surface area contributed by atoms with Gasteiger partial charge < -0.3 is 0 Å². The van der Waals surface area contributed by atoms with Crippen molar-refractivity contribution in [1.82, 2.24) is 4.31 Å². The lowest BCUT2D eigenvalue weighted by molar-refractivity contribution is 0.436. The van der Waals surface area contributed by atoms with E-state index in [1.54, 1.807) is 10.4 Å². The summed E-state index contributed by atoms with van der Waals surface area (Å²) < 4.78 is 27.1. The van der Waals surface area contributed by atoms with Gasteiger partial charge in [-0.15, -0.1) is 22.9 Å². The molecule has 1 aliphatic heterocycles. The second-order valence-corrected chi connectivity index (χ2v) is 8.97. The van der Waals surface area contributed by atoms with Gasteiger partial charge in [0.2, 0.25) is 0 Å². The molecular formula is C11H16ClNO2S3. The standard InChI is InChI=1S/C11H16ClNO2S3/c1-9-7-11(17-10(9)8-12)18(14,15)13-3-2-5-16-6-4-13/h7H,2-6,8H2,1H3. The second kappa shape index (κ2) is 6.13. The molecule has 0 aliphatic carbocycles. The van der Waals surface area contributed by atoms with Crippen molar-refractivity contribution in [3.63, 3.8) is 0 Å². The predicted octanol–water partition coefficient (Wildman–Crippen LogP) is 2.92. The van der Waals surface area contributed by atoms with E-state index in [1.165, 1.54) is 11.3 Å². The van der Waals surface area contributed by atoms with Crippen LogP contribution in [0, 0.1) is 6.92 Å². The summed E-state index contributed by atoms with van der Waals surface area (Å²) in [6.07, 6.45) is 0.927. The van der Waals surface area contributed by atoms with Gasteiger partial charge in [-0.05, 0) is 30.7 Å². The molecule has 0 spiro atoms. The van der Waals surface area contributed by atoms with E-state index in [9.17, 15) is 8.42 Å². The highest BCUT2D eigenvalue weighted by molar-refractivity contribution is 7.99. The van der Waals surface area contributed by atoms with Crippen LogP contribution >= 0.6 is 34.7 Å². The van der Waals surface area contributed by atoms with E-state index in [-0.39, 0.29) is 0 Å². The second-order valence-electron chi connectivity index (χ2n) is 4.18. The van der Waals surface area contributed by atoms with Crippen molar-refractivity contribution >= 4 is 44.7 Å².